The normalized spacial score (nSPS) is 11.4. The first-order valence-electron chi connectivity index (χ1n) is 9.02. The van der Waals surface area contributed by atoms with E-state index in [0.29, 0.717) is 12.2 Å². The minimum atomic E-state index is -0.763. The number of nitrogens with one attached hydrogen (secondary N) is 2. The highest BCUT2D eigenvalue weighted by atomic mass is 16.5. The van der Waals surface area contributed by atoms with Gasteiger partial charge in [-0.2, -0.15) is 0 Å². The summed E-state index contributed by atoms with van der Waals surface area (Å²) in [5.74, 6) is 0.329. The molecule has 1 atom stereocenters. The first kappa shape index (κ1) is 19.2. The Morgan fingerprint density at radius 2 is 1.57 bits per heavy atom. The van der Waals surface area contributed by atoms with Gasteiger partial charge >= 0.3 is 6.09 Å². The molecule has 0 aliphatic carbocycles. The van der Waals surface area contributed by atoms with E-state index in [1.807, 2.05) is 60.7 Å². The van der Waals surface area contributed by atoms with Crippen LogP contribution in [0.3, 0.4) is 0 Å². The topological polar surface area (TPSA) is 80.6 Å². The van der Waals surface area contributed by atoms with Crippen LogP contribution in [-0.4, -0.2) is 18.0 Å². The van der Waals surface area contributed by atoms with Gasteiger partial charge in [0.2, 0.25) is 5.91 Å². The van der Waals surface area contributed by atoms with Crippen LogP contribution < -0.4 is 10.6 Å². The Bertz CT molecular complexity index is 864. The molecular weight excluding hydrogens is 356 g/mol. The molecule has 2 aromatic carbocycles. The van der Waals surface area contributed by atoms with Gasteiger partial charge in [-0.25, -0.2) is 4.79 Å². The molecule has 6 nitrogen and oxygen atoms in total. The number of rotatable bonds is 8. The molecule has 0 aliphatic rings. The molecule has 6 heteroatoms. The molecule has 0 spiro atoms. The third-order valence-electron chi connectivity index (χ3n) is 4.12. The lowest BCUT2D eigenvalue weighted by molar-refractivity contribution is -0.123. The van der Waals surface area contributed by atoms with Crippen molar-refractivity contribution in [1.82, 2.24) is 10.6 Å². The van der Waals surface area contributed by atoms with E-state index in [0.717, 1.165) is 11.1 Å². The Morgan fingerprint density at radius 1 is 0.893 bits per heavy atom. The Morgan fingerprint density at radius 3 is 2.21 bits per heavy atom. The average molecular weight is 378 g/mol. The molecule has 0 saturated carbocycles. The number of benzene rings is 2. The zero-order chi connectivity index (χ0) is 19.6. The highest BCUT2D eigenvalue weighted by Gasteiger charge is 2.22. The fraction of sp³-hybridized carbons (Fsp3) is 0.182. The van der Waals surface area contributed by atoms with Gasteiger partial charge in [0.15, 0.2) is 0 Å². The van der Waals surface area contributed by atoms with Crippen molar-refractivity contribution in [1.29, 1.82) is 0 Å². The predicted molar refractivity (Wildman–Crippen MR) is 104 cm³/mol. The second-order valence-electron chi connectivity index (χ2n) is 6.25. The van der Waals surface area contributed by atoms with E-state index in [9.17, 15) is 9.59 Å². The van der Waals surface area contributed by atoms with Gasteiger partial charge in [-0.1, -0.05) is 60.7 Å². The lowest BCUT2D eigenvalue weighted by Crippen LogP contribution is -2.48. The quantitative estimate of drug-likeness (QED) is 0.629. The fourth-order valence-electron chi connectivity index (χ4n) is 2.68. The average Bonchev–Trinajstić information content (AvgIpc) is 3.25. The van der Waals surface area contributed by atoms with Crippen LogP contribution >= 0.6 is 0 Å². The van der Waals surface area contributed by atoms with Crippen molar-refractivity contribution in [2.45, 2.75) is 25.6 Å². The Kier molecular flexibility index (Phi) is 6.84. The van der Waals surface area contributed by atoms with Crippen molar-refractivity contribution in [3.05, 3.63) is 95.9 Å². The van der Waals surface area contributed by atoms with Crippen LogP contribution in [0.4, 0.5) is 4.79 Å². The third-order valence-corrected chi connectivity index (χ3v) is 4.12. The van der Waals surface area contributed by atoms with Gasteiger partial charge in [0.1, 0.15) is 18.4 Å². The van der Waals surface area contributed by atoms with Gasteiger partial charge in [-0.3, -0.25) is 4.79 Å². The monoisotopic (exact) mass is 378 g/mol. The second kappa shape index (κ2) is 9.97. The molecular formula is C22H22N2O4. The molecule has 2 N–H and O–H groups in total. The summed E-state index contributed by atoms with van der Waals surface area (Å²) >= 11 is 0. The summed E-state index contributed by atoms with van der Waals surface area (Å²) in [6.45, 7) is 0.386. The van der Waals surface area contributed by atoms with Crippen LogP contribution in [0.1, 0.15) is 16.9 Å². The van der Waals surface area contributed by atoms with Crippen LogP contribution in [0.25, 0.3) is 0 Å². The van der Waals surface area contributed by atoms with Crippen LogP contribution in [0.2, 0.25) is 0 Å². The molecule has 0 saturated heterocycles. The van der Waals surface area contributed by atoms with Gasteiger partial charge in [0.25, 0.3) is 0 Å². The molecule has 2 amide bonds. The van der Waals surface area contributed by atoms with Crippen molar-refractivity contribution in [2.75, 3.05) is 0 Å². The van der Waals surface area contributed by atoms with Gasteiger partial charge in [-0.05, 0) is 23.3 Å². The first-order valence-corrected chi connectivity index (χ1v) is 9.02. The number of hydrogen-bond donors (Lipinski definition) is 2. The number of alkyl carbamates (subject to hydrolysis) is 1. The van der Waals surface area contributed by atoms with Crippen LogP contribution in [0.5, 0.6) is 0 Å². The van der Waals surface area contributed by atoms with E-state index in [4.69, 9.17) is 9.15 Å². The number of amides is 2. The van der Waals surface area contributed by atoms with Crippen molar-refractivity contribution in [2.24, 2.45) is 0 Å². The molecule has 0 fully saturated rings. The summed E-state index contributed by atoms with van der Waals surface area (Å²) in [5, 5.41) is 5.44. The molecule has 0 radical (unpaired) electrons. The molecule has 3 rings (SSSR count). The highest BCUT2D eigenvalue weighted by Crippen LogP contribution is 2.06. The highest BCUT2D eigenvalue weighted by molar-refractivity contribution is 5.85. The van der Waals surface area contributed by atoms with E-state index in [-0.39, 0.29) is 19.1 Å². The molecule has 0 bridgehead atoms. The molecule has 0 aliphatic heterocycles. The lowest BCUT2D eigenvalue weighted by Gasteiger charge is -2.18. The number of furan rings is 1. The summed E-state index contributed by atoms with van der Waals surface area (Å²) in [5.41, 5.74) is 1.81. The Hall–Kier alpha value is -3.54. The standard InChI is InChI=1S/C22H22N2O4/c25-21(23-15-19-12-7-13-27-19)20(14-17-8-3-1-4-9-17)24-22(26)28-16-18-10-5-2-6-11-18/h1-13,20H,14-16H2,(H,23,25)(H,24,26)/t20-/m0/s1. The number of ether oxygens (including phenoxy) is 1. The molecule has 1 heterocycles. The van der Waals surface area contributed by atoms with E-state index in [2.05, 4.69) is 10.6 Å². The second-order valence-corrected chi connectivity index (χ2v) is 6.25. The number of hydrogen-bond acceptors (Lipinski definition) is 4. The summed E-state index contributed by atoms with van der Waals surface area (Å²) < 4.78 is 10.5. The van der Waals surface area contributed by atoms with Gasteiger partial charge in [0.05, 0.1) is 12.8 Å². The van der Waals surface area contributed by atoms with E-state index >= 15 is 0 Å². The van der Waals surface area contributed by atoms with Crippen molar-refractivity contribution < 1.29 is 18.7 Å². The number of carbonyl (C=O) groups is 2. The summed E-state index contributed by atoms with van der Waals surface area (Å²) in [4.78, 5) is 24.9. The number of carbonyl (C=O) groups excluding carboxylic acids is 2. The van der Waals surface area contributed by atoms with Crippen molar-refractivity contribution in [3.63, 3.8) is 0 Å². The predicted octanol–water partition coefficient (Wildman–Crippen LogP) is 3.43. The zero-order valence-corrected chi connectivity index (χ0v) is 15.3. The van der Waals surface area contributed by atoms with E-state index in [1.165, 1.54) is 0 Å². The summed E-state index contributed by atoms with van der Waals surface area (Å²) in [6, 6.07) is 21.6. The Balaban J connectivity index is 1.59. The lowest BCUT2D eigenvalue weighted by atomic mass is 10.1. The Labute approximate surface area is 163 Å². The third kappa shape index (κ3) is 6.02. The van der Waals surface area contributed by atoms with Gasteiger partial charge < -0.3 is 19.8 Å². The largest absolute Gasteiger partial charge is 0.467 e. The SMILES string of the molecule is O=C(N[C@@H](Cc1ccccc1)C(=O)NCc1ccco1)OCc1ccccc1. The van der Waals surface area contributed by atoms with E-state index < -0.39 is 12.1 Å². The maximum absolute atomic E-state index is 12.6. The smallest absolute Gasteiger partial charge is 0.408 e. The molecule has 3 aromatic rings. The van der Waals surface area contributed by atoms with Crippen LogP contribution in [0, 0.1) is 0 Å². The van der Waals surface area contributed by atoms with Crippen LogP contribution in [0.15, 0.2) is 83.5 Å². The maximum Gasteiger partial charge on any atom is 0.408 e. The van der Waals surface area contributed by atoms with Gasteiger partial charge in [0, 0.05) is 6.42 Å². The maximum atomic E-state index is 12.6. The van der Waals surface area contributed by atoms with Crippen molar-refractivity contribution >= 4 is 12.0 Å². The molecule has 28 heavy (non-hydrogen) atoms. The minimum Gasteiger partial charge on any atom is -0.467 e. The fourth-order valence-corrected chi connectivity index (χ4v) is 2.68. The van der Waals surface area contributed by atoms with Crippen LogP contribution in [-0.2, 0) is 29.1 Å². The zero-order valence-electron chi connectivity index (χ0n) is 15.3. The van der Waals surface area contributed by atoms with Gasteiger partial charge in [-0.15, -0.1) is 0 Å². The molecule has 0 unspecified atom stereocenters. The first-order chi connectivity index (χ1) is 13.7. The van der Waals surface area contributed by atoms with E-state index in [1.54, 1.807) is 18.4 Å². The summed E-state index contributed by atoms with van der Waals surface area (Å²) in [7, 11) is 0. The molecule has 144 valence electrons. The minimum absolute atomic E-state index is 0.138. The molecule has 1 aromatic heterocycles. The summed E-state index contributed by atoms with van der Waals surface area (Å²) in [6.07, 6.45) is 1.26. The van der Waals surface area contributed by atoms with Crippen molar-refractivity contribution in [3.8, 4) is 0 Å².